The number of ether oxygens (including phenoxy) is 1. The summed E-state index contributed by atoms with van der Waals surface area (Å²) in [5, 5.41) is 6.83. The highest BCUT2D eigenvalue weighted by atomic mass is 35.5. The fourth-order valence-corrected chi connectivity index (χ4v) is 3.74. The molecule has 160 valence electrons. The number of nitrogens with one attached hydrogen (secondary N) is 2. The summed E-state index contributed by atoms with van der Waals surface area (Å²) in [4.78, 5) is 15.2. The van der Waals surface area contributed by atoms with Gasteiger partial charge in [0.15, 0.2) is 0 Å². The van der Waals surface area contributed by atoms with Crippen molar-refractivity contribution >= 4 is 23.2 Å². The number of rotatable bonds is 7. The molecule has 0 atom stereocenters. The Morgan fingerprint density at radius 3 is 2.55 bits per heavy atom. The molecule has 31 heavy (non-hydrogen) atoms. The van der Waals surface area contributed by atoms with E-state index in [4.69, 9.17) is 16.3 Å². The van der Waals surface area contributed by atoms with E-state index in [0.29, 0.717) is 22.9 Å². The molecule has 1 aliphatic heterocycles. The summed E-state index contributed by atoms with van der Waals surface area (Å²) in [5.41, 5.74) is 3.50. The van der Waals surface area contributed by atoms with Gasteiger partial charge in [-0.25, -0.2) is 0 Å². The second-order valence-electron chi connectivity index (χ2n) is 7.60. The van der Waals surface area contributed by atoms with Gasteiger partial charge in [0.25, 0.3) is 5.91 Å². The van der Waals surface area contributed by atoms with Gasteiger partial charge < -0.3 is 15.4 Å². The molecule has 2 N–H and O–H groups in total. The third kappa shape index (κ3) is 6.07. The molecule has 1 saturated heterocycles. The molecule has 0 unspecified atom stereocenters. The summed E-state index contributed by atoms with van der Waals surface area (Å²) in [6.07, 6.45) is 0. The minimum absolute atomic E-state index is 0.194. The van der Waals surface area contributed by atoms with Crippen LogP contribution in [0.25, 0.3) is 0 Å². The van der Waals surface area contributed by atoms with Gasteiger partial charge in [0.05, 0.1) is 5.02 Å². The van der Waals surface area contributed by atoms with E-state index in [1.54, 1.807) is 18.2 Å². The van der Waals surface area contributed by atoms with Crippen LogP contribution < -0.4 is 15.4 Å². The summed E-state index contributed by atoms with van der Waals surface area (Å²) < 4.78 is 5.84. The number of piperazine rings is 1. The van der Waals surface area contributed by atoms with Crippen molar-refractivity contribution in [3.8, 4) is 5.75 Å². The predicted molar refractivity (Wildman–Crippen MR) is 125 cm³/mol. The maximum atomic E-state index is 12.8. The number of benzene rings is 3. The molecule has 5 nitrogen and oxygen atoms in total. The molecule has 1 amide bonds. The van der Waals surface area contributed by atoms with Crippen molar-refractivity contribution < 1.29 is 9.53 Å². The number of hydrogen-bond donors (Lipinski definition) is 2. The van der Waals surface area contributed by atoms with Crippen molar-refractivity contribution in [3.63, 3.8) is 0 Å². The molecule has 0 radical (unpaired) electrons. The largest absolute Gasteiger partial charge is 0.487 e. The van der Waals surface area contributed by atoms with Crippen molar-refractivity contribution in [2.45, 2.75) is 13.2 Å². The average Bonchev–Trinajstić information content (AvgIpc) is 2.80. The smallest absolute Gasteiger partial charge is 0.255 e. The molecule has 4 rings (SSSR count). The number of amides is 1. The van der Waals surface area contributed by atoms with Crippen LogP contribution in [0.1, 0.15) is 21.5 Å². The molecular formula is C25H26ClN3O2. The van der Waals surface area contributed by atoms with Crippen molar-refractivity contribution in [2.75, 3.05) is 31.5 Å². The second-order valence-corrected chi connectivity index (χ2v) is 8.01. The van der Waals surface area contributed by atoms with Gasteiger partial charge in [0.2, 0.25) is 0 Å². The third-order valence-corrected chi connectivity index (χ3v) is 5.54. The lowest BCUT2D eigenvalue weighted by atomic mass is 10.1. The molecule has 0 aliphatic carbocycles. The molecule has 0 bridgehead atoms. The maximum Gasteiger partial charge on any atom is 0.255 e. The normalized spacial score (nSPS) is 14.2. The van der Waals surface area contributed by atoms with Gasteiger partial charge in [-0.3, -0.25) is 9.69 Å². The lowest BCUT2D eigenvalue weighted by molar-refractivity contribution is 0.102. The van der Waals surface area contributed by atoms with Crippen LogP contribution >= 0.6 is 11.6 Å². The topological polar surface area (TPSA) is 53.6 Å². The van der Waals surface area contributed by atoms with Crippen molar-refractivity contribution in [1.82, 2.24) is 10.2 Å². The summed E-state index contributed by atoms with van der Waals surface area (Å²) in [6.45, 7) is 5.37. The highest BCUT2D eigenvalue weighted by Crippen LogP contribution is 2.27. The number of carbonyl (C=O) groups excluding carboxylic acids is 1. The van der Waals surface area contributed by atoms with Gasteiger partial charge in [0.1, 0.15) is 12.4 Å². The first-order valence-electron chi connectivity index (χ1n) is 10.5. The molecule has 1 aliphatic rings. The minimum atomic E-state index is -0.194. The van der Waals surface area contributed by atoms with E-state index in [1.165, 1.54) is 5.56 Å². The SMILES string of the molecule is O=C(Nc1cccc(CN2CCNCC2)c1)c1ccc(Cl)c(OCc2ccccc2)c1. The van der Waals surface area contributed by atoms with Crippen LogP contribution in [0.3, 0.4) is 0 Å². The monoisotopic (exact) mass is 435 g/mol. The Morgan fingerprint density at radius 2 is 1.74 bits per heavy atom. The van der Waals surface area contributed by atoms with E-state index in [1.807, 2.05) is 48.5 Å². The van der Waals surface area contributed by atoms with E-state index >= 15 is 0 Å². The number of halogens is 1. The van der Waals surface area contributed by atoms with E-state index in [2.05, 4.69) is 21.6 Å². The van der Waals surface area contributed by atoms with Crippen LogP contribution in [0.4, 0.5) is 5.69 Å². The van der Waals surface area contributed by atoms with E-state index in [0.717, 1.165) is 44.0 Å². The van der Waals surface area contributed by atoms with Crippen LogP contribution in [0.15, 0.2) is 72.8 Å². The third-order valence-electron chi connectivity index (χ3n) is 5.23. The van der Waals surface area contributed by atoms with Gasteiger partial charge in [-0.2, -0.15) is 0 Å². The number of hydrogen-bond acceptors (Lipinski definition) is 4. The number of anilines is 1. The molecule has 0 aromatic heterocycles. The van der Waals surface area contributed by atoms with Crippen LogP contribution in [-0.4, -0.2) is 37.0 Å². The zero-order valence-corrected chi connectivity index (χ0v) is 18.1. The van der Waals surface area contributed by atoms with Crippen molar-refractivity contribution in [3.05, 3.63) is 94.5 Å². The molecule has 6 heteroatoms. The summed E-state index contributed by atoms with van der Waals surface area (Å²) >= 11 is 6.27. The van der Waals surface area contributed by atoms with Crippen LogP contribution in [0.5, 0.6) is 5.75 Å². The molecule has 1 heterocycles. The summed E-state index contributed by atoms with van der Waals surface area (Å²) in [5.74, 6) is 0.297. The van der Waals surface area contributed by atoms with E-state index in [-0.39, 0.29) is 5.91 Å². The highest BCUT2D eigenvalue weighted by molar-refractivity contribution is 6.32. The van der Waals surface area contributed by atoms with E-state index in [9.17, 15) is 4.79 Å². The average molecular weight is 436 g/mol. The highest BCUT2D eigenvalue weighted by Gasteiger charge is 2.13. The Kier molecular flexibility index (Phi) is 7.20. The first-order chi connectivity index (χ1) is 15.2. The van der Waals surface area contributed by atoms with Gasteiger partial charge in [-0.1, -0.05) is 54.1 Å². The lowest BCUT2D eigenvalue weighted by Crippen LogP contribution is -2.42. The van der Waals surface area contributed by atoms with Gasteiger partial charge in [-0.05, 0) is 41.5 Å². The fraction of sp³-hybridized carbons (Fsp3) is 0.240. The molecular weight excluding hydrogens is 410 g/mol. The van der Waals surface area contributed by atoms with Crippen molar-refractivity contribution in [2.24, 2.45) is 0 Å². The Morgan fingerprint density at radius 1 is 0.968 bits per heavy atom. The second kappa shape index (κ2) is 10.4. The standard InChI is InChI=1S/C25H26ClN3O2/c26-23-10-9-21(16-24(23)31-18-19-5-2-1-3-6-19)25(30)28-22-8-4-7-20(15-22)17-29-13-11-27-12-14-29/h1-10,15-16,27H,11-14,17-18H2,(H,28,30). The Balaban J connectivity index is 1.40. The number of carbonyl (C=O) groups is 1. The van der Waals surface area contributed by atoms with Gasteiger partial charge >= 0.3 is 0 Å². The first kappa shape index (κ1) is 21.4. The summed E-state index contributed by atoms with van der Waals surface area (Å²) in [7, 11) is 0. The van der Waals surface area contributed by atoms with E-state index < -0.39 is 0 Å². The van der Waals surface area contributed by atoms with Crippen LogP contribution in [-0.2, 0) is 13.2 Å². The van der Waals surface area contributed by atoms with Crippen LogP contribution in [0, 0.1) is 0 Å². The molecule has 1 fully saturated rings. The zero-order chi connectivity index (χ0) is 21.5. The molecule has 3 aromatic carbocycles. The molecule has 3 aromatic rings. The summed E-state index contributed by atoms with van der Waals surface area (Å²) in [6, 6.07) is 22.9. The fourth-order valence-electron chi connectivity index (χ4n) is 3.57. The zero-order valence-electron chi connectivity index (χ0n) is 17.3. The quantitative estimate of drug-likeness (QED) is 0.570. The van der Waals surface area contributed by atoms with Gasteiger partial charge in [0, 0.05) is 44.0 Å². The first-order valence-corrected chi connectivity index (χ1v) is 10.8. The Hall–Kier alpha value is -2.86. The Labute approximate surface area is 188 Å². The maximum absolute atomic E-state index is 12.8. The minimum Gasteiger partial charge on any atom is -0.487 e. The van der Waals surface area contributed by atoms with Gasteiger partial charge in [-0.15, -0.1) is 0 Å². The van der Waals surface area contributed by atoms with Crippen molar-refractivity contribution in [1.29, 1.82) is 0 Å². The van der Waals surface area contributed by atoms with Crippen LogP contribution in [0.2, 0.25) is 5.02 Å². The molecule has 0 saturated carbocycles. The lowest BCUT2D eigenvalue weighted by Gasteiger charge is -2.27. The number of nitrogens with zero attached hydrogens (tertiary/aromatic N) is 1. The molecule has 0 spiro atoms. The Bertz CT molecular complexity index is 1020. The predicted octanol–water partition coefficient (Wildman–Crippen LogP) is 4.58.